The maximum Gasteiger partial charge on any atom is 0.414 e. The number of benzene rings is 1. The van der Waals surface area contributed by atoms with Gasteiger partial charge in [0.05, 0.1) is 31.6 Å². The second-order valence-corrected chi connectivity index (χ2v) is 5.26. The van der Waals surface area contributed by atoms with Crippen LogP contribution in [-0.2, 0) is 9.47 Å². The van der Waals surface area contributed by atoms with Gasteiger partial charge in [0.15, 0.2) is 0 Å². The highest BCUT2D eigenvalue weighted by Gasteiger charge is 2.29. The van der Waals surface area contributed by atoms with E-state index in [1.165, 1.54) is 0 Å². The Bertz CT molecular complexity index is 567. The summed E-state index contributed by atoms with van der Waals surface area (Å²) in [7, 11) is 1.67. The smallest absolute Gasteiger partial charge is 0.414 e. The van der Waals surface area contributed by atoms with Crippen LogP contribution < -0.4 is 14.5 Å². The summed E-state index contributed by atoms with van der Waals surface area (Å²) >= 11 is 0. The van der Waals surface area contributed by atoms with E-state index >= 15 is 0 Å². The highest BCUT2D eigenvalue weighted by atomic mass is 16.6. The molecular weight excluding hydrogens is 272 g/mol. The van der Waals surface area contributed by atoms with Gasteiger partial charge in [-0.15, -0.1) is 0 Å². The Morgan fingerprint density at radius 3 is 2.52 bits per heavy atom. The highest BCUT2D eigenvalue weighted by Crippen LogP contribution is 2.40. The van der Waals surface area contributed by atoms with E-state index in [4.69, 9.17) is 14.2 Å². The van der Waals surface area contributed by atoms with E-state index in [0.29, 0.717) is 26.5 Å². The zero-order chi connectivity index (χ0) is 15.0. The third-order valence-electron chi connectivity index (χ3n) is 4.14. The average molecular weight is 292 g/mol. The highest BCUT2D eigenvalue weighted by molar-refractivity contribution is 5.92. The number of nitrogens with zero attached hydrogens (tertiary/aromatic N) is 2. The van der Waals surface area contributed by atoms with Crippen molar-refractivity contribution in [2.75, 3.05) is 49.9 Å². The molecule has 0 N–H and O–H groups in total. The second kappa shape index (κ2) is 5.44. The molecule has 2 heterocycles. The molecule has 0 aliphatic carbocycles. The van der Waals surface area contributed by atoms with Crippen LogP contribution in [0.15, 0.2) is 6.07 Å². The molecule has 0 unspecified atom stereocenters. The van der Waals surface area contributed by atoms with Crippen LogP contribution in [0.3, 0.4) is 0 Å². The molecule has 1 aromatic rings. The second-order valence-electron chi connectivity index (χ2n) is 5.26. The molecule has 0 atom stereocenters. The molecule has 0 aromatic heterocycles. The summed E-state index contributed by atoms with van der Waals surface area (Å²) in [6.07, 6.45) is -0.286. The number of anilines is 2. The van der Waals surface area contributed by atoms with Gasteiger partial charge < -0.3 is 19.1 Å². The lowest BCUT2D eigenvalue weighted by Gasteiger charge is -2.25. The molecule has 2 aliphatic rings. The van der Waals surface area contributed by atoms with Crippen LogP contribution >= 0.6 is 0 Å². The normalized spacial score (nSPS) is 18.3. The monoisotopic (exact) mass is 292 g/mol. The summed E-state index contributed by atoms with van der Waals surface area (Å²) < 4.78 is 16.1. The number of ether oxygens (including phenoxy) is 3. The van der Waals surface area contributed by atoms with Crippen molar-refractivity contribution in [3.05, 3.63) is 17.2 Å². The minimum absolute atomic E-state index is 0.286. The van der Waals surface area contributed by atoms with Gasteiger partial charge in [0, 0.05) is 6.54 Å². The summed E-state index contributed by atoms with van der Waals surface area (Å²) in [5, 5.41) is 0. The van der Waals surface area contributed by atoms with Crippen molar-refractivity contribution >= 4 is 17.5 Å². The van der Waals surface area contributed by atoms with E-state index in [9.17, 15) is 4.79 Å². The average Bonchev–Trinajstić information content (AvgIpc) is 3.13. The number of carbonyl (C=O) groups is 1. The largest absolute Gasteiger partial charge is 0.494 e. The molecule has 1 amide bonds. The molecule has 0 saturated carbocycles. The minimum atomic E-state index is -0.286. The SMILES string of the molecule is COc1c(N2CCOC2)cc(N2CCOC2=O)c(C)c1C. The first kappa shape index (κ1) is 14.0. The number of hydrogen-bond acceptors (Lipinski definition) is 5. The first-order valence-electron chi connectivity index (χ1n) is 7.08. The van der Waals surface area contributed by atoms with E-state index in [-0.39, 0.29) is 6.09 Å². The molecule has 21 heavy (non-hydrogen) atoms. The third-order valence-corrected chi connectivity index (χ3v) is 4.14. The zero-order valence-corrected chi connectivity index (χ0v) is 12.6. The summed E-state index contributed by atoms with van der Waals surface area (Å²) in [5.74, 6) is 0.842. The van der Waals surface area contributed by atoms with E-state index in [1.807, 2.05) is 19.9 Å². The molecule has 1 aromatic carbocycles. The van der Waals surface area contributed by atoms with Crippen molar-refractivity contribution in [3.8, 4) is 5.75 Å². The first-order chi connectivity index (χ1) is 10.1. The molecule has 0 spiro atoms. The predicted octanol–water partition coefficient (Wildman–Crippen LogP) is 2.06. The van der Waals surface area contributed by atoms with Crippen molar-refractivity contribution in [2.45, 2.75) is 13.8 Å². The van der Waals surface area contributed by atoms with Gasteiger partial charge in [0.2, 0.25) is 0 Å². The van der Waals surface area contributed by atoms with E-state index in [1.54, 1.807) is 12.0 Å². The molecule has 0 bridgehead atoms. The Hall–Kier alpha value is -1.95. The van der Waals surface area contributed by atoms with Crippen molar-refractivity contribution in [1.29, 1.82) is 0 Å². The summed E-state index contributed by atoms with van der Waals surface area (Å²) in [6.45, 7) is 7.11. The Morgan fingerprint density at radius 2 is 1.95 bits per heavy atom. The van der Waals surface area contributed by atoms with Gasteiger partial charge in [0.1, 0.15) is 19.1 Å². The summed E-state index contributed by atoms with van der Waals surface area (Å²) in [5.41, 5.74) is 3.93. The molecule has 114 valence electrons. The fourth-order valence-electron chi connectivity index (χ4n) is 2.85. The lowest BCUT2D eigenvalue weighted by atomic mass is 10.0. The van der Waals surface area contributed by atoms with Crippen LogP contribution in [-0.4, -0.2) is 46.2 Å². The molecule has 0 radical (unpaired) electrons. The molecule has 2 fully saturated rings. The van der Waals surface area contributed by atoms with Gasteiger partial charge >= 0.3 is 6.09 Å². The van der Waals surface area contributed by atoms with E-state index in [0.717, 1.165) is 34.8 Å². The van der Waals surface area contributed by atoms with Crippen molar-refractivity contribution in [1.82, 2.24) is 0 Å². The lowest BCUT2D eigenvalue weighted by molar-refractivity contribution is 0.181. The van der Waals surface area contributed by atoms with E-state index < -0.39 is 0 Å². The number of hydrogen-bond donors (Lipinski definition) is 0. The number of carbonyl (C=O) groups excluding carboxylic acids is 1. The zero-order valence-electron chi connectivity index (χ0n) is 12.6. The van der Waals surface area contributed by atoms with Crippen LogP contribution in [0.2, 0.25) is 0 Å². The van der Waals surface area contributed by atoms with Crippen LogP contribution in [0.25, 0.3) is 0 Å². The number of methoxy groups -OCH3 is 1. The Morgan fingerprint density at radius 1 is 1.14 bits per heavy atom. The maximum absolute atomic E-state index is 11.9. The van der Waals surface area contributed by atoms with Crippen molar-refractivity contribution in [3.63, 3.8) is 0 Å². The van der Waals surface area contributed by atoms with Gasteiger partial charge in [-0.25, -0.2) is 4.79 Å². The predicted molar refractivity (Wildman–Crippen MR) is 79.3 cm³/mol. The third kappa shape index (κ3) is 2.29. The summed E-state index contributed by atoms with van der Waals surface area (Å²) in [4.78, 5) is 15.7. The van der Waals surface area contributed by atoms with Gasteiger partial charge in [-0.3, -0.25) is 4.90 Å². The first-order valence-corrected chi connectivity index (χ1v) is 7.08. The van der Waals surface area contributed by atoms with Gasteiger partial charge in [-0.2, -0.15) is 0 Å². The Balaban J connectivity index is 2.10. The minimum Gasteiger partial charge on any atom is -0.494 e. The van der Waals surface area contributed by atoms with Crippen LogP contribution in [0.5, 0.6) is 5.75 Å². The molecule has 2 saturated heterocycles. The van der Waals surface area contributed by atoms with Crippen molar-refractivity contribution in [2.24, 2.45) is 0 Å². The molecule has 6 heteroatoms. The number of cyclic esters (lactones) is 1. The maximum atomic E-state index is 11.9. The van der Waals surface area contributed by atoms with Crippen LogP contribution in [0, 0.1) is 13.8 Å². The van der Waals surface area contributed by atoms with Crippen LogP contribution in [0.1, 0.15) is 11.1 Å². The lowest BCUT2D eigenvalue weighted by Crippen LogP contribution is -2.26. The fourth-order valence-corrected chi connectivity index (χ4v) is 2.85. The fraction of sp³-hybridized carbons (Fsp3) is 0.533. The molecule has 3 rings (SSSR count). The molecule has 6 nitrogen and oxygen atoms in total. The number of rotatable bonds is 3. The Kier molecular flexibility index (Phi) is 3.63. The topological polar surface area (TPSA) is 51.2 Å². The summed E-state index contributed by atoms with van der Waals surface area (Å²) in [6, 6.07) is 2.00. The van der Waals surface area contributed by atoms with Crippen LogP contribution in [0.4, 0.5) is 16.2 Å². The molecule has 2 aliphatic heterocycles. The van der Waals surface area contributed by atoms with Gasteiger partial charge in [-0.1, -0.05) is 0 Å². The van der Waals surface area contributed by atoms with Crippen molar-refractivity contribution < 1.29 is 19.0 Å². The number of amides is 1. The van der Waals surface area contributed by atoms with E-state index in [2.05, 4.69) is 4.90 Å². The van der Waals surface area contributed by atoms with Gasteiger partial charge in [0.25, 0.3) is 0 Å². The molecular formula is C15H20N2O4. The Labute approximate surface area is 124 Å². The standard InChI is InChI=1S/C15H20N2O4/c1-10-11(2)14(19-3)13(16-4-6-20-9-16)8-12(10)17-5-7-21-15(17)18/h8H,4-7,9H2,1-3H3. The quantitative estimate of drug-likeness (QED) is 0.853. The van der Waals surface area contributed by atoms with Gasteiger partial charge in [-0.05, 0) is 31.0 Å².